The molecule has 1 amide bonds. The maximum atomic E-state index is 13.5. The Morgan fingerprint density at radius 1 is 1.53 bits per heavy atom. The number of carbonyl (C=O) groups excluding carboxylic acids is 1. The van der Waals surface area contributed by atoms with Crippen molar-refractivity contribution in [3.05, 3.63) is 39.7 Å². The van der Waals surface area contributed by atoms with Gasteiger partial charge in [-0.1, -0.05) is 6.07 Å². The molecule has 0 bridgehead atoms. The number of halogens is 1. The van der Waals surface area contributed by atoms with Crippen LogP contribution in [0.2, 0.25) is 0 Å². The fourth-order valence-corrected chi connectivity index (χ4v) is 1.65. The van der Waals surface area contributed by atoms with Crippen LogP contribution >= 0.6 is 0 Å². The first kappa shape index (κ1) is 15.0. The van der Waals surface area contributed by atoms with Crippen molar-refractivity contribution < 1.29 is 14.1 Å². The Balaban J connectivity index is 2.88. The third kappa shape index (κ3) is 4.29. The SMILES string of the molecule is CC(C)N(CC(N)=O)Cc1ccc([N+](=O)[O-])c(F)c1. The quantitative estimate of drug-likeness (QED) is 0.625. The van der Waals surface area contributed by atoms with Crippen molar-refractivity contribution in [2.75, 3.05) is 6.54 Å². The van der Waals surface area contributed by atoms with Crippen LogP contribution < -0.4 is 5.73 Å². The highest BCUT2D eigenvalue weighted by atomic mass is 19.1. The van der Waals surface area contributed by atoms with Gasteiger partial charge in [-0.15, -0.1) is 0 Å². The Labute approximate surface area is 110 Å². The van der Waals surface area contributed by atoms with Crippen LogP contribution in [0.4, 0.5) is 10.1 Å². The van der Waals surface area contributed by atoms with E-state index < -0.39 is 22.3 Å². The van der Waals surface area contributed by atoms with Crippen LogP contribution in [-0.2, 0) is 11.3 Å². The van der Waals surface area contributed by atoms with Crippen molar-refractivity contribution in [1.82, 2.24) is 4.90 Å². The van der Waals surface area contributed by atoms with Gasteiger partial charge >= 0.3 is 5.69 Å². The molecule has 0 aliphatic carbocycles. The van der Waals surface area contributed by atoms with Gasteiger partial charge in [0.25, 0.3) is 0 Å². The van der Waals surface area contributed by atoms with Gasteiger partial charge in [0.2, 0.25) is 11.7 Å². The van der Waals surface area contributed by atoms with Crippen LogP contribution in [-0.4, -0.2) is 28.3 Å². The molecule has 0 aliphatic rings. The highest BCUT2D eigenvalue weighted by Crippen LogP contribution is 2.19. The number of hydrogen-bond acceptors (Lipinski definition) is 4. The predicted octanol–water partition coefficient (Wildman–Crippen LogP) is 1.43. The van der Waals surface area contributed by atoms with Crippen molar-refractivity contribution in [3.8, 4) is 0 Å². The molecule has 0 fully saturated rings. The monoisotopic (exact) mass is 269 g/mol. The Hall–Kier alpha value is -2.02. The Morgan fingerprint density at radius 3 is 2.58 bits per heavy atom. The number of carbonyl (C=O) groups is 1. The topological polar surface area (TPSA) is 89.5 Å². The minimum Gasteiger partial charge on any atom is -0.369 e. The molecule has 1 rings (SSSR count). The molecular weight excluding hydrogens is 253 g/mol. The minimum atomic E-state index is -0.884. The van der Waals surface area contributed by atoms with Gasteiger partial charge in [-0.05, 0) is 25.5 Å². The molecule has 1 aromatic carbocycles. The van der Waals surface area contributed by atoms with Crippen molar-refractivity contribution >= 4 is 11.6 Å². The third-order valence-corrected chi connectivity index (χ3v) is 2.68. The molecule has 104 valence electrons. The highest BCUT2D eigenvalue weighted by Gasteiger charge is 2.17. The smallest absolute Gasteiger partial charge is 0.304 e. The fourth-order valence-electron chi connectivity index (χ4n) is 1.65. The average molecular weight is 269 g/mol. The number of nitrogens with zero attached hydrogens (tertiary/aromatic N) is 2. The van der Waals surface area contributed by atoms with Gasteiger partial charge in [-0.25, -0.2) is 0 Å². The van der Waals surface area contributed by atoms with E-state index in [-0.39, 0.29) is 12.6 Å². The summed E-state index contributed by atoms with van der Waals surface area (Å²) in [5.74, 6) is -1.36. The molecule has 0 saturated heterocycles. The van der Waals surface area contributed by atoms with E-state index in [0.29, 0.717) is 12.1 Å². The summed E-state index contributed by atoms with van der Waals surface area (Å²) in [5.41, 5.74) is 5.13. The normalized spacial score (nSPS) is 11.0. The van der Waals surface area contributed by atoms with Crippen LogP contribution in [0, 0.1) is 15.9 Å². The van der Waals surface area contributed by atoms with E-state index in [1.807, 2.05) is 13.8 Å². The molecule has 0 aliphatic heterocycles. The highest BCUT2D eigenvalue weighted by molar-refractivity contribution is 5.75. The molecule has 0 saturated carbocycles. The summed E-state index contributed by atoms with van der Waals surface area (Å²) in [4.78, 5) is 22.4. The Morgan fingerprint density at radius 2 is 2.16 bits per heavy atom. The number of nitro groups is 1. The molecule has 7 heteroatoms. The summed E-state index contributed by atoms with van der Waals surface area (Å²) in [6.45, 7) is 4.11. The lowest BCUT2D eigenvalue weighted by atomic mass is 10.1. The molecule has 19 heavy (non-hydrogen) atoms. The second-order valence-corrected chi connectivity index (χ2v) is 4.51. The van der Waals surface area contributed by atoms with Crippen LogP contribution in [0.3, 0.4) is 0 Å². The first-order chi connectivity index (χ1) is 8.81. The van der Waals surface area contributed by atoms with E-state index in [0.717, 1.165) is 12.1 Å². The first-order valence-corrected chi connectivity index (χ1v) is 5.76. The Bertz CT molecular complexity index is 491. The van der Waals surface area contributed by atoms with Gasteiger partial charge < -0.3 is 5.73 Å². The second-order valence-electron chi connectivity index (χ2n) is 4.51. The van der Waals surface area contributed by atoms with Crippen LogP contribution in [0.25, 0.3) is 0 Å². The lowest BCUT2D eigenvalue weighted by Gasteiger charge is -2.24. The lowest BCUT2D eigenvalue weighted by molar-refractivity contribution is -0.387. The second kappa shape index (κ2) is 6.24. The van der Waals surface area contributed by atoms with E-state index in [4.69, 9.17) is 5.73 Å². The van der Waals surface area contributed by atoms with Crippen molar-refractivity contribution in [3.63, 3.8) is 0 Å². The van der Waals surface area contributed by atoms with E-state index in [9.17, 15) is 19.3 Å². The molecular formula is C12H16FN3O3. The fraction of sp³-hybridized carbons (Fsp3) is 0.417. The van der Waals surface area contributed by atoms with Gasteiger partial charge in [0.1, 0.15) is 0 Å². The van der Waals surface area contributed by atoms with Crippen molar-refractivity contribution in [2.45, 2.75) is 26.4 Å². The standard InChI is InChI=1S/C12H16FN3O3/c1-8(2)15(7-12(14)17)6-9-3-4-11(16(18)19)10(13)5-9/h3-5,8H,6-7H2,1-2H3,(H2,14,17). The van der Waals surface area contributed by atoms with Gasteiger partial charge in [0, 0.05) is 18.7 Å². The summed E-state index contributed by atoms with van der Waals surface area (Å²) >= 11 is 0. The molecule has 0 radical (unpaired) electrons. The number of hydrogen-bond donors (Lipinski definition) is 1. The largest absolute Gasteiger partial charge is 0.369 e. The van der Waals surface area contributed by atoms with E-state index in [1.165, 1.54) is 6.07 Å². The minimum absolute atomic E-state index is 0.0470. The summed E-state index contributed by atoms with van der Waals surface area (Å²) in [7, 11) is 0. The molecule has 0 spiro atoms. The summed E-state index contributed by atoms with van der Waals surface area (Å²) in [5, 5.41) is 10.5. The molecule has 0 atom stereocenters. The van der Waals surface area contributed by atoms with Crippen LogP contribution in [0.5, 0.6) is 0 Å². The number of nitro benzene ring substituents is 1. The summed E-state index contributed by atoms with van der Waals surface area (Å²) in [6, 6.07) is 3.74. The number of benzene rings is 1. The van der Waals surface area contributed by atoms with Gasteiger partial charge in [-0.3, -0.25) is 19.8 Å². The number of primary amides is 1. The lowest BCUT2D eigenvalue weighted by Crippen LogP contribution is -2.37. The van der Waals surface area contributed by atoms with E-state index in [2.05, 4.69) is 0 Å². The zero-order valence-corrected chi connectivity index (χ0v) is 10.8. The number of amides is 1. The third-order valence-electron chi connectivity index (χ3n) is 2.68. The number of nitrogens with two attached hydrogens (primary N) is 1. The number of rotatable bonds is 6. The van der Waals surface area contributed by atoms with Crippen molar-refractivity contribution in [2.24, 2.45) is 5.73 Å². The first-order valence-electron chi connectivity index (χ1n) is 5.76. The molecule has 0 aromatic heterocycles. The van der Waals surface area contributed by atoms with Crippen molar-refractivity contribution in [1.29, 1.82) is 0 Å². The zero-order valence-electron chi connectivity index (χ0n) is 10.8. The predicted molar refractivity (Wildman–Crippen MR) is 67.8 cm³/mol. The van der Waals surface area contributed by atoms with Gasteiger partial charge in [-0.2, -0.15) is 4.39 Å². The molecule has 0 heterocycles. The van der Waals surface area contributed by atoms with Gasteiger partial charge in [0.05, 0.1) is 11.5 Å². The molecule has 2 N–H and O–H groups in total. The molecule has 0 unspecified atom stereocenters. The van der Waals surface area contributed by atoms with E-state index >= 15 is 0 Å². The van der Waals surface area contributed by atoms with Gasteiger partial charge in [0.15, 0.2) is 0 Å². The van der Waals surface area contributed by atoms with Crippen LogP contribution in [0.1, 0.15) is 19.4 Å². The Kier molecular flexibility index (Phi) is 4.94. The summed E-state index contributed by atoms with van der Waals surface area (Å²) in [6.07, 6.45) is 0. The van der Waals surface area contributed by atoms with Crippen LogP contribution in [0.15, 0.2) is 18.2 Å². The zero-order chi connectivity index (χ0) is 14.6. The molecule has 1 aromatic rings. The summed E-state index contributed by atoms with van der Waals surface area (Å²) < 4.78 is 13.5. The maximum absolute atomic E-state index is 13.5. The maximum Gasteiger partial charge on any atom is 0.304 e. The molecule has 6 nitrogen and oxygen atoms in total. The average Bonchev–Trinajstić information content (AvgIpc) is 2.26. The van der Waals surface area contributed by atoms with E-state index in [1.54, 1.807) is 4.90 Å².